The van der Waals surface area contributed by atoms with E-state index in [1.165, 1.54) is 6.07 Å². The second-order valence-corrected chi connectivity index (χ2v) is 4.29. The number of hydrogen-bond acceptors (Lipinski definition) is 1. The lowest BCUT2D eigenvalue weighted by molar-refractivity contribution is 0.111. The molecule has 0 saturated carbocycles. The first kappa shape index (κ1) is 13.1. The van der Waals surface area contributed by atoms with Crippen molar-refractivity contribution in [1.82, 2.24) is 0 Å². The number of aliphatic hydroxyl groups excluding tert-OH is 1. The van der Waals surface area contributed by atoms with E-state index >= 15 is 0 Å². The van der Waals surface area contributed by atoms with Gasteiger partial charge < -0.3 is 5.11 Å². The second kappa shape index (κ2) is 5.94. The second-order valence-electron chi connectivity index (χ2n) is 4.29. The summed E-state index contributed by atoms with van der Waals surface area (Å²) >= 11 is 0. The Labute approximate surface area is 95.1 Å². The standard InChI is InChI=1S/C13H18F2O/c1-3-4-9(2)13(16)8-10-5-6-11(14)12(15)7-10/h5-7,9,13,16H,3-4,8H2,1-2H3. The Balaban J connectivity index is 2.62. The van der Waals surface area contributed by atoms with E-state index in [1.54, 1.807) is 0 Å². The molecular weight excluding hydrogens is 210 g/mol. The Hall–Kier alpha value is -0.960. The molecule has 1 aromatic rings. The van der Waals surface area contributed by atoms with Crippen LogP contribution in [0.4, 0.5) is 8.78 Å². The van der Waals surface area contributed by atoms with Crippen molar-refractivity contribution in [3.63, 3.8) is 0 Å². The smallest absolute Gasteiger partial charge is 0.159 e. The Morgan fingerprint density at radius 3 is 2.50 bits per heavy atom. The van der Waals surface area contributed by atoms with Gasteiger partial charge in [0.25, 0.3) is 0 Å². The predicted molar refractivity (Wildman–Crippen MR) is 60.1 cm³/mol. The van der Waals surface area contributed by atoms with E-state index in [2.05, 4.69) is 6.92 Å². The number of benzene rings is 1. The summed E-state index contributed by atoms with van der Waals surface area (Å²) in [5.74, 6) is -1.52. The van der Waals surface area contributed by atoms with Crippen LogP contribution in [0.25, 0.3) is 0 Å². The van der Waals surface area contributed by atoms with Crippen molar-refractivity contribution in [2.24, 2.45) is 5.92 Å². The van der Waals surface area contributed by atoms with Crippen LogP contribution in [-0.4, -0.2) is 11.2 Å². The van der Waals surface area contributed by atoms with Crippen molar-refractivity contribution in [1.29, 1.82) is 0 Å². The molecule has 0 spiro atoms. The predicted octanol–water partition coefficient (Wildman–Crippen LogP) is 3.30. The number of hydrogen-bond donors (Lipinski definition) is 1. The van der Waals surface area contributed by atoms with Crippen molar-refractivity contribution in [3.8, 4) is 0 Å². The normalized spacial score (nSPS) is 14.8. The van der Waals surface area contributed by atoms with Crippen LogP contribution in [0.2, 0.25) is 0 Å². The molecule has 0 aromatic heterocycles. The van der Waals surface area contributed by atoms with Gasteiger partial charge in [-0.3, -0.25) is 0 Å². The molecule has 3 heteroatoms. The van der Waals surface area contributed by atoms with Crippen LogP contribution in [-0.2, 0) is 6.42 Å². The van der Waals surface area contributed by atoms with Crippen molar-refractivity contribution in [2.75, 3.05) is 0 Å². The third-order valence-electron chi connectivity index (χ3n) is 2.83. The van der Waals surface area contributed by atoms with E-state index in [0.29, 0.717) is 12.0 Å². The molecule has 1 N–H and O–H groups in total. The van der Waals surface area contributed by atoms with E-state index in [-0.39, 0.29) is 5.92 Å². The van der Waals surface area contributed by atoms with Gasteiger partial charge in [0.1, 0.15) is 0 Å². The highest BCUT2D eigenvalue weighted by Crippen LogP contribution is 2.16. The molecule has 1 aromatic carbocycles. The molecule has 0 aliphatic carbocycles. The van der Waals surface area contributed by atoms with Crippen LogP contribution in [0.5, 0.6) is 0 Å². The van der Waals surface area contributed by atoms with Gasteiger partial charge in [-0.05, 0) is 36.5 Å². The zero-order valence-corrected chi connectivity index (χ0v) is 9.71. The van der Waals surface area contributed by atoms with E-state index in [4.69, 9.17) is 0 Å². The third-order valence-corrected chi connectivity index (χ3v) is 2.83. The van der Waals surface area contributed by atoms with Crippen molar-refractivity contribution in [2.45, 2.75) is 39.2 Å². The first-order chi connectivity index (χ1) is 7.54. The molecule has 16 heavy (non-hydrogen) atoms. The topological polar surface area (TPSA) is 20.2 Å². The molecule has 0 bridgehead atoms. The molecule has 2 atom stereocenters. The summed E-state index contributed by atoms with van der Waals surface area (Å²) < 4.78 is 25.6. The first-order valence-corrected chi connectivity index (χ1v) is 5.66. The summed E-state index contributed by atoms with van der Waals surface area (Å²) in [6, 6.07) is 3.76. The van der Waals surface area contributed by atoms with Crippen LogP contribution in [0.15, 0.2) is 18.2 Å². The Bertz CT molecular complexity index is 339. The zero-order valence-electron chi connectivity index (χ0n) is 9.71. The van der Waals surface area contributed by atoms with Gasteiger partial charge in [-0.15, -0.1) is 0 Å². The number of halogens is 2. The van der Waals surface area contributed by atoms with Crippen LogP contribution in [0.3, 0.4) is 0 Å². The number of rotatable bonds is 5. The molecule has 0 aliphatic heterocycles. The van der Waals surface area contributed by atoms with Gasteiger partial charge in [-0.2, -0.15) is 0 Å². The van der Waals surface area contributed by atoms with Gasteiger partial charge in [0.05, 0.1) is 6.10 Å². The molecule has 0 aliphatic rings. The van der Waals surface area contributed by atoms with Crippen molar-refractivity contribution < 1.29 is 13.9 Å². The Morgan fingerprint density at radius 2 is 1.94 bits per heavy atom. The van der Waals surface area contributed by atoms with Crippen LogP contribution < -0.4 is 0 Å². The average molecular weight is 228 g/mol. The van der Waals surface area contributed by atoms with Crippen LogP contribution in [0, 0.1) is 17.6 Å². The van der Waals surface area contributed by atoms with Gasteiger partial charge in [0.2, 0.25) is 0 Å². The molecule has 1 rings (SSSR count). The highest BCUT2D eigenvalue weighted by Gasteiger charge is 2.14. The molecule has 0 saturated heterocycles. The Morgan fingerprint density at radius 1 is 1.25 bits per heavy atom. The lowest BCUT2D eigenvalue weighted by Gasteiger charge is -2.18. The van der Waals surface area contributed by atoms with Gasteiger partial charge in [0, 0.05) is 0 Å². The average Bonchev–Trinajstić information content (AvgIpc) is 2.24. The van der Waals surface area contributed by atoms with Gasteiger partial charge in [-0.1, -0.05) is 26.3 Å². The maximum atomic E-state index is 12.9. The molecule has 0 fully saturated rings. The monoisotopic (exact) mass is 228 g/mol. The number of aliphatic hydroxyl groups is 1. The summed E-state index contributed by atoms with van der Waals surface area (Å²) in [7, 11) is 0. The molecule has 1 nitrogen and oxygen atoms in total. The van der Waals surface area contributed by atoms with Crippen LogP contribution in [0.1, 0.15) is 32.3 Å². The zero-order chi connectivity index (χ0) is 12.1. The molecule has 90 valence electrons. The van der Waals surface area contributed by atoms with Crippen molar-refractivity contribution in [3.05, 3.63) is 35.4 Å². The summed E-state index contributed by atoms with van der Waals surface area (Å²) in [6.07, 6.45) is 1.82. The maximum absolute atomic E-state index is 12.9. The van der Waals surface area contributed by atoms with E-state index in [1.807, 2.05) is 6.92 Å². The third kappa shape index (κ3) is 3.56. The van der Waals surface area contributed by atoms with E-state index in [9.17, 15) is 13.9 Å². The first-order valence-electron chi connectivity index (χ1n) is 5.66. The van der Waals surface area contributed by atoms with Crippen LogP contribution >= 0.6 is 0 Å². The largest absolute Gasteiger partial charge is 0.393 e. The molecule has 0 radical (unpaired) electrons. The molecular formula is C13H18F2O. The van der Waals surface area contributed by atoms with E-state index in [0.717, 1.165) is 25.0 Å². The lowest BCUT2D eigenvalue weighted by atomic mass is 9.94. The minimum Gasteiger partial charge on any atom is -0.393 e. The summed E-state index contributed by atoms with van der Waals surface area (Å²) in [4.78, 5) is 0. The SMILES string of the molecule is CCCC(C)C(O)Cc1ccc(F)c(F)c1. The molecule has 2 unspecified atom stereocenters. The fourth-order valence-electron chi connectivity index (χ4n) is 1.76. The quantitative estimate of drug-likeness (QED) is 0.819. The summed E-state index contributed by atoms with van der Waals surface area (Å²) in [6.45, 7) is 4.02. The fraction of sp³-hybridized carbons (Fsp3) is 0.538. The van der Waals surface area contributed by atoms with Crippen molar-refractivity contribution >= 4 is 0 Å². The van der Waals surface area contributed by atoms with Gasteiger partial charge in [-0.25, -0.2) is 8.78 Å². The minimum atomic E-state index is -0.854. The van der Waals surface area contributed by atoms with Gasteiger partial charge in [0.15, 0.2) is 11.6 Å². The highest BCUT2D eigenvalue weighted by atomic mass is 19.2. The summed E-state index contributed by atoms with van der Waals surface area (Å²) in [5.41, 5.74) is 0.634. The van der Waals surface area contributed by atoms with Gasteiger partial charge >= 0.3 is 0 Å². The molecule has 0 heterocycles. The summed E-state index contributed by atoms with van der Waals surface area (Å²) in [5, 5.41) is 9.85. The molecule has 0 amide bonds. The Kier molecular flexibility index (Phi) is 4.87. The maximum Gasteiger partial charge on any atom is 0.159 e. The highest BCUT2D eigenvalue weighted by molar-refractivity contribution is 5.18. The fourth-order valence-corrected chi connectivity index (χ4v) is 1.76. The minimum absolute atomic E-state index is 0.179. The lowest BCUT2D eigenvalue weighted by Crippen LogP contribution is -2.20. The van der Waals surface area contributed by atoms with E-state index < -0.39 is 17.7 Å².